The van der Waals surface area contributed by atoms with Crippen LogP contribution >= 0.6 is 0 Å². The van der Waals surface area contributed by atoms with Crippen LogP contribution in [0.25, 0.3) is 78.9 Å². The van der Waals surface area contributed by atoms with Crippen LogP contribution in [0, 0.1) is 0 Å². The van der Waals surface area contributed by atoms with E-state index in [1.807, 2.05) is 72.8 Å². The number of hydrogen-bond donors (Lipinski definition) is 0. The van der Waals surface area contributed by atoms with Crippen LogP contribution in [-0.2, 0) is 0 Å². The molecule has 320 valence electrons. The van der Waals surface area contributed by atoms with Gasteiger partial charge in [0, 0.05) is 45.0 Å². The minimum Gasteiger partial charge on any atom is -0.310 e. The quantitative estimate of drug-likeness (QED) is 0.145. The van der Waals surface area contributed by atoms with Crippen molar-refractivity contribution in [3.8, 4) is 78.9 Å². The van der Waals surface area contributed by atoms with Crippen LogP contribution < -0.4 is 4.90 Å². The summed E-state index contributed by atoms with van der Waals surface area (Å²) in [6, 6.07) is 89.4. The van der Waals surface area contributed by atoms with Crippen molar-refractivity contribution >= 4 is 17.1 Å². The van der Waals surface area contributed by atoms with Gasteiger partial charge >= 0.3 is 0 Å². The standard InChI is InChI=1S/C63H43N5/c1-6-20-44(21-7-1)55-41-57(66-62(64-55)47-26-12-4-13-27-47)50-38-49(39-51(40-50)58-42-56(45-22-8-2-9-23-45)65-63(67-58)48-28-14-5-15-29-48)43-34-36-52(37-35-43)68-59-32-18-16-30-53(59)61(46-24-10-3-11-25-46)54-31-17-19-33-60(54)68/h1-42,61H. The summed E-state index contributed by atoms with van der Waals surface area (Å²) in [5.74, 6) is 1.45. The largest absolute Gasteiger partial charge is 0.310 e. The summed E-state index contributed by atoms with van der Waals surface area (Å²) in [7, 11) is 0. The van der Waals surface area contributed by atoms with Crippen LogP contribution in [-0.4, -0.2) is 19.9 Å². The molecule has 0 bridgehead atoms. The first-order valence-corrected chi connectivity index (χ1v) is 23.0. The molecule has 12 rings (SSSR count). The van der Waals surface area contributed by atoms with E-state index in [4.69, 9.17) is 19.9 Å². The normalized spacial score (nSPS) is 12.0. The molecular formula is C63H43N5. The molecule has 5 heteroatoms. The second kappa shape index (κ2) is 17.7. The fourth-order valence-electron chi connectivity index (χ4n) is 9.48. The van der Waals surface area contributed by atoms with Crippen LogP contribution in [0.5, 0.6) is 0 Å². The van der Waals surface area contributed by atoms with Crippen molar-refractivity contribution in [3.63, 3.8) is 0 Å². The minimum atomic E-state index is 0.124. The second-order valence-corrected chi connectivity index (χ2v) is 17.0. The van der Waals surface area contributed by atoms with Gasteiger partial charge in [0.15, 0.2) is 11.6 Å². The van der Waals surface area contributed by atoms with Gasteiger partial charge in [-0.3, -0.25) is 0 Å². The molecule has 0 amide bonds. The third kappa shape index (κ3) is 7.82. The fourth-order valence-corrected chi connectivity index (χ4v) is 9.48. The van der Waals surface area contributed by atoms with Crippen molar-refractivity contribution < 1.29 is 0 Å². The van der Waals surface area contributed by atoms with E-state index in [0.29, 0.717) is 11.6 Å². The molecule has 0 radical (unpaired) electrons. The Morgan fingerprint density at radius 3 is 1.06 bits per heavy atom. The van der Waals surface area contributed by atoms with Crippen molar-refractivity contribution in [1.82, 2.24) is 19.9 Å². The van der Waals surface area contributed by atoms with Gasteiger partial charge in [0.05, 0.1) is 34.2 Å². The molecule has 0 aliphatic carbocycles. The Bertz CT molecular complexity index is 3240. The molecule has 11 aromatic rings. The number of anilines is 3. The molecule has 0 saturated heterocycles. The van der Waals surface area contributed by atoms with Gasteiger partial charge < -0.3 is 4.90 Å². The van der Waals surface area contributed by atoms with Gasteiger partial charge in [0.1, 0.15) is 0 Å². The van der Waals surface area contributed by atoms with E-state index in [1.165, 1.54) is 28.1 Å². The molecular weight excluding hydrogens is 827 g/mol. The predicted molar refractivity (Wildman–Crippen MR) is 278 cm³/mol. The van der Waals surface area contributed by atoms with Crippen LogP contribution in [0.3, 0.4) is 0 Å². The molecule has 68 heavy (non-hydrogen) atoms. The average Bonchev–Trinajstić information content (AvgIpc) is 3.43. The number of rotatable bonds is 9. The Morgan fingerprint density at radius 1 is 0.265 bits per heavy atom. The highest BCUT2D eigenvalue weighted by atomic mass is 15.2. The summed E-state index contributed by atoms with van der Waals surface area (Å²) < 4.78 is 0. The van der Waals surface area contributed by atoms with E-state index in [0.717, 1.165) is 73.0 Å². The molecule has 0 spiro atoms. The summed E-state index contributed by atoms with van der Waals surface area (Å²) in [6.45, 7) is 0. The zero-order valence-electron chi connectivity index (χ0n) is 37.1. The Labute approximate surface area is 396 Å². The topological polar surface area (TPSA) is 54.8 Å². The summed E-state index contributed by atoms with van der Waals surface area (Å²) in [5.41, 5.74) is 18.6. The zero-order valence-corrected chi connectivity index (χ0v) is 37.1. The Hall–Kier alpha value is -9.06. The lowest BCUT2D eigenvalue weighted by Crippen LogP contribution is -2.22. The van der Waals surface area contributed by atoms with Crippen LogP contribution in [0.2, 0.25) is 0 Å². The molecule has 9 aromatic carbocycles. The summed E-state index contributed by atoms with van der Waals surface area (Å²) in [5, 5.41) is 0. The van der Waals surface area contributed by atoms with Gasteiger partial charge in [-0.25, -0.2) is 19.9 Å². The van der Waals surface area contributed by atoms with E-state index in [-0.39, 0.29) is 5.92 Å². The van der Waals surface area contributed by atoms with E-state index in [1.54, 1.807) is 0 Å². The van der Waals surface area contributed by atoms with Crippen molar-refractivity contribution in [3.05, 3.63) is 271 Å². The third-order valence-corrected chi connectivity index (χ3v) is 12.7. The SMILES string of the molecule is c1ccc(-c2cc(-c3cc(-c4ccc(N5c6ccccc6C(c6ccccc6)c6ccccc65)cc4)cc(-c4cc(-c5ccccc5)nc(-c5ccccc5)n4)c3)nc(-c3ccccc3)n2)cc1. The molecule has 3 heterocycles. The lowest BCUT2D eigenvalue weighted by atomic mass is 9.80. The summed E-state index contributed by atoms with van der Waals surface area (Å²) in [4.78, 5) is 23.2. The number of hydrogen-bond acceptors (Lipinski definition) is 5. The highest BCUT2D eigenvalue weighted by molar-refractivity contribution is 5.88. The second-order valence-electron chi connectivity index (χ2n) is 17.0. The lowest BCUT2D eigenvalue weighted by Gasteiger charge is -2.38. The number of aromatic nitrogens is 4. The Morgan fingerprint density at radius 2 is 0.618 bits per heavy atom. The van der Waals surface area contributed by atoms with Crippen LogP contribution in [0.4, 0.5) is 17.1 Å². The molecule has 0 atom stereocenters. The van der Waals surface area contributed by atoms with Gasteiger partial charge in [-0.1, -0.05) is 200 Å². The first kappa shape index (κ1) is 40.4. The minimum absolute atomic E-state index is 0.124. The molecule has 2 aromatic heterocycles. The van der Waals surface area contributed by atoms with Crippen molar-refractivity contribution in [1.29, 1.82) is 0 Å². The molecule has 0 unspecified atom stereocenters. The van der Waals surface area contributed by atoms with Gasteiger partial charge in [-0.05, 0) is 82.4 Å². The van der Waals surface area contributed by atoms with Gasteiger partial charge in [-0.2, -0.15) is 0 Å². The van der Waals surface area contributed by atoms with Gasteiger partial charge in [-0.15, -0.1) is 0 Å². The number of fused-ring (bicyclic) bond motifs is 2. The van der Waals surface area contributed by atoms with Gasteiger partial charge in [0.25, 0.3) is 0 Å². The molecule has 1 aliphatic rings. The maximum Gasteiger partial charge on any atom is 0.160 e. The van der Waals surface area contributed by atoms with E-state index >= 15 is 0 Å². The third-order valence-electron chi connectivity index (χ3n) is 12.7. The van der Waals surface area contributed by atoms with Crippen molar-refractivity contribution in [2.45, 2.75) is 5.92 Å². The van der Waals surface area contributed by atoms with Crippen molar-refractivity contribution in [2.24, 2.45) is 0 Å². The van der Waals surface area contributed by atoms with Crippen LogP contribution in [0.15, 0.2) is 255 Å². The summed E-state index contributed by atoms with van der Waals surface area (Å²) in [6.07, 6.45) is 0. The average molecular weight is 870 g/mol. The molecule has 0 N–H and O–H groups in total. The van der Waals surface area contributed by atoms with Crippen LogP contribution in [0.1, 0.15) is 22.6 Å². The first-order valence-electron chi connectivity index (χ1n) is 23.0. The smallest absolute Gasteiger partial charge is 0.160 e. The highest BCUT2D eigenvalue weighted by Gasteiger charge is 2.32. The Balaban J connectivity index is 1.03. The monoisotopic (exact) mass is 869 g/mol. The highest BCUT2D eigenvalue weighted by Crippen LogP contribution is 2.51. The maximum absolute atomic E-state index is 5.29. The predicted octanol–water partition coefficient (Wildman–Crippen LogP) is 15.9. The molecule has 5 nitrogen and oxygen atoms in total. The molecule has 1 aliphatic heterocycles. The van der Waals surface area contributed by atoms with Gasteiger partial charge in [0.2, 0.25) is 0 Å². The fraction of sp³-hybridized carbons (Fsp3) is 0.0159. The van der Waals surface area contributed by atoms with E-state index < -0.39 is 0 Å². The molecule has 0 fully saturated rings. The van der Waals surface area contributed by atoms with Crippen molar-refractivity contribution in [2.75, 3.05) is 4.90 Å². The van der Waals surface area contributed by atoms with E-state index in [2.05, 4.69) is 187 Å². The maximum atomic E-state index is 5.29. The zero-order chi connectivity index (χ0) is 45.2. The number of benzene rings is 9. The van der Waals surface area contributed by atoms with E-state index in [9.17, 15) is 0 Å². The summed E-state index contributed by atoms with van der Waals surface area (Å²) >= 11 is 0. The first-order chi connectivity index (χ1) is 33.7. The Kier molecular flexibility index (Phi) is 10.5. The number of nitrogens with zero attached hydrogens (tertiary/aromatic N) is 5. The number of para-hydroxylation sites is 2. The molecule has 0 saturated carbocycles. The lowest BCUT2D eigenvalue weighted by molar-refractivity contribution is 0.939.